The van der Waals surface area contributed by atoms with Crippen molar-refractivity contribution < 1.29 is 23.5 Å². The molecule has 1 aliphatic heterocycles. The van der Waals surface area contributed by atoms with Crippen molar-refractivity contribution in [2.75, 3.05) is 6.61 Å². The van der Waals surface area contributed by atoms with Crippen LogP contribution in [0.3, 0.4) is 0 Å². The zero-order valence-electron chi connectivity index (χ0n) is 13.0. The fraction of sp³-hybridized carbons (Fsp3) is 0.353. The molecule has 3 rings (SSSR count). The number of amides is 1. The first-order chi connectivity index (χ1) is 11.7. The Morgan fingerprint density at radius 1 is 1.21 bits per heavy atom. The summed E-state index contributed by atoms with van der Waals surface area (Å²) in [7, 11) is 0. The van der Waals surface area contributed by atoms with Crippen LogP contribution in [0.5, 0.6) is 5.75 Å². The molecule has 1 unspecified atom stereocenters. The van der Waals surface area contributed by atoms with E-state index in [1.807, 2.05) is 24.3 Å². The lowest BCUT2D eigenvalue weighted by Crippen LogP contribution is -2.32. The molecule has 0 bridgehead atoms. The van der Waals surface area contributed by atoms with Gasteiger partial charge >= 0.3 is 5.91 Å². The number of ether oxygens (including phenoxy) is 2. The van der Waals surface area contributed by atoms with Crippen molar-refractivity contribution in [1.29, 1.82) is 0 Å². The molecule has 1 aromatic heterocycles. The molecule has 0 saturated carbocycles. The lowest BCUT2D eigenvalue weighted by atomic mass is 10.2. The van der Waals surface area contributed by atoms with Gasteiger partial charge in [-0.25, -0.2) is 10.3 Å². The summed E-state index contributed by atoms with van der Waals surface area (Å²) in [6.07, 6.45) is 2.43. The van der Waals surface area contributed by atoms with E-state index in [0.717, 1.165) is 29.5 Å². The van der Waals surface area contributed by atoms with Crippen LogP contribution in [-0.4, -0.2) is 18.8 Å². The van der Waals surface area contributed by atoms with E-state index in [4.69, 9.17) is 18.7 Å². The molecule has 128 valence electrons. The minimum Gasteiger partial charge on any atom is -0.486 e. The number of carbonyl (C=O) groups is 1. The highest BCUT2D eigenvalue weighted by Crippen LogP contribution is 2.18. The Labute approximate surface area is 148 Å². The predicted octanol–water partition coefficient (Wildman–Crippen LogP) is 3.81. The largest absolute Gasteiger partial charge is 0.486 e. The third-order valence-corrected chi connectivity index (χ3v) is 4.03. The molecule has 7 heteroatoms. The van der Waals surface area contributed by atoms with E-state index in [-0.39, 0.29) is 12.4 Å². The van der Waals surface area contributed by atoms with E-state index in [1.54, 1.807) is 12.1 Å². The van der Waals surface area contributed by atoms with Gasteiger partial charge in [0.25, 0.3) is 0 Å². The van der Waals surface area contributed by atoms with Crippen LogP contribution in [0.1, 0.15) is 35.6 Å². The molecular weight excluding hydrogens is 378 g/mol. The molecule has 1 amide bonds. The summed E-state index contributed by atoms with van der Waals surface area (Å²) >= 11 is 3.36. The van der Waals surface area contributed by atoms with Crippen LogP contribution in [0.15, 0.2) is 45.3 Å². The molecule has 2 heterocycles. The van der Waals surface area contributed by atoms with Crippen molar-refractivity contribution in [3.8, 4) is 5.75 Å². The fourth-order valence-electron chi connectivity index (χ4n) is 2.24. The quantitative estimate of drug-likeness (QED) is 0.753. The highest BCUT2D eigenvalue weighted by atomic mass is 79.9. The average molecular weight is 396 g/mol. The Morgan fingerprint density at radius 3 is 2.79 bits per heavy atom. The van der Waals surface area contributed by atoms with Gasteiger partial charge in [0, 0.05) is 17.5 Å². The average Bonchev–Trinajstić information content (AvgIpc) is 3.09. The maximum Gasteiger partial charge on any atom is 0.310 e. The van der Waals surface area contributed by atoms with Crippen LogP contribution in [0, 0.1) is 0 Å². The highest BCUT2D eigenvalue weighted by Gasteiger charge is 2.18. The zero-order valence-corrected chi connectivity index (χ0v) is 14.6. The zero-order chi connectivity index (χ0) is 16.8. The minimum absolute atomic E-state index is 0.167. The van der Waals surface area contributed by atoms with Gasteiger partial charge in [-0.1, -0.05) is 15.9 Å². The third-order valence-electron chi connectivity index (χ3n) is 3.50. The number of nitrogens with one attached hydrogen (secondary N) is 1. The molecule has 1 saturated heterocycles. The molecule has 1 N–H and O–H groups in total. The first-order valence-corrected chi connectivity index (χ1v) is 8.55. The summed E-state index contributed by atoms with van der Waals surface area (Å²) in [5.74, 6) is 0.995. The Hall–Kier alpha value is -1.83. The summed E-state index contributed by atoms with van der Waals surface area (Å²) < 4.78 is 17.4. The van der Waals surface area contributed by atoms with Crippen LogP contribution in [0.2, 0.25) is 0 Å². The SMILES string of the molecule is O=C(NOC1CCCCO1)c1ccc(COc2ccc(Br)cc2)o1. The van der Waals surface area contributed by atoms with Gasteiger partial charge in [-0.3, -0.25) is 4.79 Å². The minimum atomic E-state index is -0.445. The van der Waals surface area contributed by atoms with Crippen molar-refractivity contribution >= 4 is 21.8 Å². The number of benzene rings is 1. The van der Waals surface area contributed by atoms with Crippen molar-refractivity contribution in [3.05, 3.63) is 52.4 Å². The van der Waals surface area contributed by atoms with Crippen molar-refractivity contribution in [1.82, 2.24) is 5.48 Å². The van der Waals surface area contributed by atoms with Crippen molar-refractivity contribution in [2.45, 2.75) is 32.2 Å². The second-order valence-electron chi connectivity index (χ2n) is 5.35. The van der Waals surface area contributed by atoms with Crippen LogP contribution < -0.4 is 10.2 Å². The Morgan fingerprint density at radius 2 is 2.04 bits per heavy atom. The van der Waals surface area contributed by atoms with Crippen LogP contribution in [-0.2, 0) is 16.2 Å². The van der Waals surface area contributed by atoms with Gasteiger partial charge < -0.3 is 13.9 Å². The van der Waals surface area contributed by atoms with Gasteiger partial charge in [-0.2, -0.15) is 0 Å². The third kappa shape index (κ3) is 4.83. The number of hydrogen-bond donors (Lipinski definition) is 1. The number of hydrogen-bond acceptors (Lipinski definition) is 5. The van der Waals surface area contributed by atoms with Crippen LogP contribution in [0.4, 0.5) is 0 Å². The number of rotatable bonds is 6. The second-order valence-corrected chi connectivity index (χ2v) is 6.27. The van der Waals surface area contributed by atoms with Gasteiger partial charge in [0.05, 0.1) is 0 Å². The number of furan rings is 1. The summed E-state index contributed by atoms with van der Waals surface area (Å²) in [6, 6.07) is 10.8. The van der Waals surface area contributed by atoms with E-state index < -0.39 is 12.2 Å². The fourth-order valence-corrected chi connectivity index (χ4v) is 2.50. The van der Waals surface area contributed by atoms with E-state index >= 15 is 0 Å². The number of hydroxylamine groups is 1. The van der Waals surface area contributed by atoms with Gasteiger partial charge in [-0.05, 0) is 49.2 Å². The molecule has 2 aromatic rings. The first kappa shape index (κ1) is 17.0. The monoisotopic (exact) mass is 395 g/mol. The molecule has 1 aliphatic rings. The Balaban J connectivity index is 1.47. The molecule has 0 spiro atoms. The molecule has 1 fully saturated rings. The Bertz CT molecular complexity index is 664. The molecule has 6 nitrogen and oxygen atoms in total. The number of carbonyl (C=O) groups excluding carboxylic acids is 1. The van der Waals surface area contributed by atoms with Crippen LogP contribution in [0.25, 0.3) is 0 Å². The highest BCUT2D eigenvalue weighted by molar-refractivity contribution is 9.10. The smallest absolute Gasteiger partial charge is 0.310 e. The van der Waals surface area contributed by atoms with E-state index in [9.17, 15) is 4.79 Å². The summed E-state index contributed by atoms with van der Waals surface area (Å²) in [5.41, 5.74) is 2.36. The predicted molar refractivity (Wildman–Crippen MR) is 89.3 cm³/mol. The molecule has 24 heavy (non-hydrogen) atoms. The van der Waals surface area contributed by atoms with Crippen molar-refractivity contribution in [3.63, 3.8) is 0 Å². The lowest BCUT2D eigenvalue weighted by Gasteiger charge is -2.21. The van der Waals surface area contributed by atoms with Gasteiger partial charge in [0.15, 0.2) is 12.1 Å². The maximum atomic E-state index is 12.0. The summed E-state index contributed by atoms with van der Waals surface area (Å²) in [6.45, 7) is 0.889. The second kappa shape index (κ2) is 8.32. The molecule has 0 radical (unpaired) electrons. The lowest BCUT2D eigenvalue weighted by molar-refractivity contribution is -0.187. The van der Waals surface area contributed by atoms with Gasteiger partial charge in [-0.15, -0.1) is 0 Å². The topological polar surface area (TPSA) is 69.9 Å². The summed E-state index contributed by atoms with van der Waals surface area (Å²) in [4.78, 5) is 17.2. The molecule has 1 aromatic carbocycles. The molecule has 1 atom stereocenters. The molecular formula is C17H18BrNO5. The van der Waals surface area contributed by atoms with E-state index in [0.29, 0.717) is 12.4 Å². The Kier molecular flexibility index (Phi) is 5.90. The normalized spacial score (nSPS) is 17.5. The number of halogens is 1. The van der Waals surface area contributed by atoms with Gasteiger partial charge in [0.2, 0.25) is 0 Å². The standard InChI is InChI=1S/C17H18BrNO5/c18-12-4-6-13(7-5-12)22-11-14-8-9-15(23-14)17(20)19-24-16-3-1-2-10-21-16/h4-9,16H,1-3,10-11H2,(H,19,20). The van der Waals surface area contributed by atoms with Gasteiger partial charge in [0.1, 0.15) is 18.1 Å². The van der Waals surface area contributed by atoms with E-state index in [2.05, 4.69) is 21.4 Å². The first-order valence-electron chi connectivity index (χ1n) is 7.75. The maximum absolute atomic E-state index is 12.0. The van der Waals surface area contributed by atoms with Crippen molar-refractivity contribution in [2.24, 2.45) is 0 Å². The molecule has 0 aliphatic carbocycles. The summed E-state index contributed by atoms with van der Waals surface area (Å²) in [5, 5.41) is 0. The van der Waals surface area contributed by atoms with E-state index in [1.165, 1.54) is 0 Å². The van der Waals surface area contributed by atoms with Crippen LogP contribution >= 0.6 is 15.9 Å².